The fourth-order valence-electron chi connectivity index (χ4n) is 2.84. The van der Waals surface area contributed by atoms with Crippen LogP contribution in [0.3, 0.4) is 0 Å². The molecule has 1 amide bonds. The SMILES string of the molecule is CCN1C(=O)COc2ccc(-c3c(C#N)c(N)[nH]c(=O)c3C#N)cc21. The van der Waals surface area contributed by atoms with E-state index in [1.54, 1.807) is 18.2 Å². The minimum Gasteiger partial charge on any atom is -0.482 e. The van der Waals surface area contributed by atoms with E-state index in [0.29, 0.717) is 23.5 Å². The number of nitrogens with zero attached hydrogens (tertiary/aromatic N) is 3. The van der Waals surface area contributed by atoms with Gasteiger partial charge in [0.25, 0.3) is 11.5 Å². The van der Waals surface area contributed by atoms with Gasteiger partial charge in [-0.2, -0.15) is 10.5 Å². The number of carbonyl (C=O) groups excluding carboxylic acids is 1. The molecule has 0 radical (unpaired) electrons. The molecule has 0 bridgehead atoms. The largest absolute Gasteiger partial charge is 0.482 e. The number of nitriles is 2. The molecule has 0 atom stereocenters. The molecule has 3 N–H and O–H groups in total. The van der Waals surface area contributed by atoms with E-state index in [1.807, 2.05) is 19.1 Å². The molecule has 8 nitrogen and oxygen atoms in total. The Bertz CT molecular complexity index is 1030. The summed E-state index contributed by atoms with van der Waals surface area (Å²) in [6.07, 6.45) is 0. The summed E-state index contributed by atoms with van der Waals surface area (Å²) in [5.74, 6) is 0.206. The number of carbonyl (C=O) groups is 1. The highest BCUT2D eigenvalue weighted by Crippen LogP contribution is 2.37. The summed E-state index contributed by atoms with van der Waals surface area (Å²) in [6, 6.07) is 8.61. The number of aromatic amines is 1. The third-order valence-corrected chi connectivity index (χ3v) is 3.98. The average Bonchev–Trinajstić information content (AvgIpc) is 2.60. The Morgan fingerprint density at radius 1 is 1.28 bits per heavy atom. The van der Waals surface area contributed by atoms with Crippen LogP contribution in [0.4, 0.5) is 11.5 Å². The van der Waals surface area contributed by atoms with Crippen molar-refractivity contribution in [1.29, 1.82) is 10.5 Å². The van der Waals surface area contributed by atoms with Crippen LogP contribution in [-0.4, -0.2) is 24.0 Å². The number of anilines is 2. The van der Waals surface area contributed by atoms with Crippen LogP contribution >= 0.6 is 0 Å². The second-order valence-corrected chi connectivity index (χ2v) is 5.33. The number of nitrogens with one attached hydrogen (secondary N) is 1. The topological polar surface area (TPSA) is 136 Å². The smallest absolute Gasteiger partial charge is 0.268 e. The fraction of sp³-hybridized carbons (Fsp3) is 0.176. The first-order valence-electron chi connectivity index (χ1n) is 7.45. The van der Waals surface area contributed by atoms with E-state index < -0.39 is 5.56 Å². The molecule has 2 aromatic rings. The van der Waals surface area contributed by atoms with Gasteiger partial charge in [-0.3, -0.25) is 9.59 Å². The van der Waals surface area contributed by atoms with Gasteiger partial charge in [0, 0.05) is 12.1 Å². The number of aromatic nitrogens is 1. The predicted octanol–water partition coefficient (Wildman–Crippen LogP) is 1.11. The van der Waals surface area contributed by atoms with Crippen LogP contribution in [0.15, 0.2) is 23.0 Å². The number of pyridine rings is 1. The lowest BCUT2D eigenvalue weighted by Gasteiger charge is -2.29. The zero-order valence-electron chi connectivity index (χ0n) is 13.3. The first kappa shape index (κ1) is 16.1. The molecule has 1 aromatic heterocycles. The summed E-state index contributed by atoms with van der Waals surface area (Å²) >= 11 is 0. The molecule has 8 heteroatoms. The van der Waals surface area contributed by atoms with E-state index in [0.717, 1.165) is 0 Å². The van der Waals surface area contributed by atoms with Gasteiger partial charge in [-0.1, -0.05) is 6.07 Å². The molecule has 2 heterocycles. The molecule has 1 aromatic carbocycles. The number of H-pyrrole nitrogens is 1. The van der Waals surface area contributed by atoms with Crippen LogP contribution in [0.25, 0.3) is 11.1 Å². The van der Waals surface area contributed by atoms with E-state index in [1.165, 1.54) is 4.90 Å². The van der Waals surface area contributed by atoms with Crippen molar-refractivity contribution in [1.82, 2.24) is 4.98 Å². The van der Waals surface area contributed by atoms with Crippen molar-refractivity contribution in [2.75, 3.05) is 23.8 Å². The minimum atomic E-state index is -0.675. The maximum Gasteiger partial charge on any atom is 0.268 e. The van der Waals surface area contributed by atoms with Crippen molar-refractivity contribution in [2.24, 2.45) is 0 Å². The quantitative estimate of drug-likeness (QED) is 0.843. The van der Waals surface area contributed by atoms with Crippen molar-refractivity contribution in [2.45, 2.75) is 6.92 Å². The lowest BCUT2D eigenvalue weighted by atomic mass is 9.95. The molecule has 1 aliphatic heterocycles. The molecular formula is C17H13N5O3. The van der Waals surface area contributed by atoms with Gasteiger partial charge < -0.3 is 20.4 Å². The highest BCUT2D eigenvalue weighted by molar-refractivity contribution is 5.99. The summed E-state index contributed by atoms with van der Waals surface area (Å²) in [6.45, 7) is 2.21. The number of hydrogen-bond acceptors (Lipinski definition) is 6. The van der Waals surface area contributed by atoms with Gasteiger partial charge in [-0.15, -0.1) is 0 Å². The first-order chi connectivity index (χ1) is 12.0. The molecule has 3 rings (SSSR count). The van der Waals surface area contributed by atoms with E-state index in [9.17, 15) is 20.1 Å². The number of hydrogen-bond donors (Lipinski definition) is 2. The number of fused-ring (bicyclic) bond motifs is 1. The Morgan fingerprint density at radius 3 is 2.64 bits per heavy atom. The van der Waals surface area contributed by atoms with Crippen LogP contribution in [0.2, 0.25) is 0 Å². The van der Waals surface area contributed by atoms with Gasteiger partial charge >= 0.3 is 0 Å². The monoisotopic (exact) mass is 335 g/mol. The van der Waals surface area contributed by atoms with E-state index in [2.05, 4.69) is 4.98 Å². The molecule has 0 saturated heterocycles. The number of rotatable bonds is 2. The molecule has 0 unspecified atom stereocenters. The van der Waals surface area contributed by atoms with Crippen LogP contribution in [0.1, 0.15) is 18.1 Å². The van der Waals surface area contributed by atoms with Crippen LogP contribution in [0.5, 0.6) is 5.75 Å². The highest BCUT2D eigenvalue weighted by Gasteiger charge is 2.26. The Labute approximate surface area is 142 Å². The number of nitrogen functional groups attached to an aromatic ring is 1. The summed E-state index contributed by atoms with van der Waals surface area (Å²) in [7, 11) is 0. The van der Waals surface area contributed by atoms with Crippen LogP contribution in [0, 0.1) is 22.7 Å². The number of amides is 1. The molecular weight excluding hydrogens is 322 g/mol. The predicted molar refractivity (Wildman–Crippen MR) is 89.9 cm³/mol. The van der Waals surface area contributed by atoms with Crippen molar-refractivity contribution >= 4 is 17.4 Å². The Balaban J connectivity index is 2.32. The van der Waals surface area contributed by atoms with Gasteiger partial charge in [0.05, 0.1) is 5.69 Å². The standard InChI is InChI=1S/C17H13N5O3/c1-2-22-12-5-9(3-4-13(12)25-8-14(22)23)15-10(6-18)16(20)21-17(24)11(15)7-19/h3-5H,2,8H2,1H3,(H3,20,21,24). The zero-order valence-corrected chi connectivity index (χ0v) is 13.3. The molecule has 124 valence electrons. The lowest BCUT2D eigenvalue weighted by molar-refractivity contribution is -0.121. The van der Waals surface area contributed by atoms with Gasteiger partial charge in [-0.25, -0.2) is 0 Å². The summed E-state index contributed by atoms with van der Waals surface area (Å²) in [4.78, 5) is 27.9. The second kappa shape index (κ2) is 6.02. The minimum absolute atomic E-state index is 0.00204. The van der Waals surface area contributed by atoms with Crippen molar-refractivity contribution in [3.05, 3.63) is 39.7 Å². The molecule has 0 spiro atoms. The first-order valence-corrected chi connectivity index (χ1v) is 7.45. The Hall–Kier alpha value is -3.78. The van der Waals surface area contributed by atoms with E-state index in [4.69, 9.17) is 10.5 Å². The number of likely N-dealkylation sites (N-methyl/N-ethyl adjacent to an activating group) is 1. The number of nitrogens with two attached hydrogens (primary N) is 1. The zero-order chi connectivity index (χ0) is 18.1. The van der Waals surface area contributed by atoms with Gasteiger partial charge in [0.2, 0.25) is 0 Å². The lowest BCUT2D eigenvalue weighted by Crippen LogP contribution is -2.38. The van der Waals surface area contributed by atoms with Crippen molar-refractivity contribution in [3.8, 4) is 29.0 Å². The highest BCUT2D eigenvalue weighted by atomic mass is 16.5. The molecule has 0 aliphatic carbocycles. The maximum absolute atomic E-state index is 12.0. The van der Waals surface area contributed by atoms with Crippen LogP contribution in [-0.2, 0) is 4.79 Å². The van der Waals surface area contributed by atoms with E-state index >= 15 is 0 Å². The molecule has 1 aliphatic rings. The normalized spacial score (nSPS) is 12.8. The molecule has 0 saturated carbocycles. The molecule has 25 heavy (non-hydrogen) atoms. The Kier molecular flexibility index (Phi) is 3.88. The third-order valence-electron chi connectivity index (χ3n) is 3.98. The van der Waals surface area contributed by atoms with E-state index in [-0.39, 0.29) is 35.0 Å². The summed E-state index contributed by atoms with van der Waals surface area (Å²) in [5.41, 5.74) is 5.94. The van der Waals surface area contributed by atoms with Gasteiger partial charge in [-0.05, 0) is 24.6 Å². The summed E-state index contributed by atoms with van der Waals surface area (Å²) in [5, 5.41) is 18.7. The van der Waals surface area contributed by atoms with Crippen LogP contribution < -0.4 is 20.9 Å². The Morgan fingerprint density at radius 2 is 2.00 bits per heavy atom. The van der Waals surface area contributed by atoms with Crippen molar-refractivity contribution < 1.29 is 9.53 Å². The van der Waals surface area contributed by atoms with Gasteiger partial charge in [0.1, 0.15) is 34.8 Å². The maximum atomic E-state index is 12.0. The second-order valence-electron chi connectivity index (χ2n) is 5.33. The summed E-state index contributed by atoms with van der Waals surface area (Å²) < 4.78 is 5.41. The molecule has 0 fully saturated rings. The number of benzene rings is 1. The average molecular weight is 335 g/mol. The number of ether oxygens (including phenoxy) is 1. The fourth-order valence-corrected chi connectivity index (χ4v) is 2.84. The third kappa shape index (κ3) is 2.46. The van der Waals surface area contributed by atoms with Gasteiger partial charge in [0.15, 0.2) is 6.61 Å². The van der Waals surface area contributed by atoms with Crippen molar-refractivity contribution in [3.63, 3.8) is 0 Å².